The van der Waals surface area contributed by atoms with Gasteiger partial charge in [0.15, 0.2) is 0 Å². The maximum atomic E-state index is 12.9. The van der Waals surface area contributed by atoms with Crippen LogP contribution in [0.3, 0.4) is 0 Å². The highest BCUT2D eigenvalue weighted by atomic mass is 16.6. The second kappa shape index (κ2) is 11.0. The Kier molecular flexibility index (Phi) is 8.08. The quantitative estimate of drug-likeness (QED) is 0.436. The lowest BCUT2D eigenvalue weighted by molar-refractivity contribution is -0.149. The van der Waals surface area contributed by atoms with E-state index in [-0.39, 0.29) is 19.1 Å². The van der Waals surface area contributed by atoms with Gasteiger partial charge in [-0.3, -0.25) is 9.59 Å². The number of fused-ring (bicyclic) bond motifs is 3. The van der Waals surface area contributed by atoms with Crippen LogP contribution in [0.5, 0.6) is 0 Å². The number of carbonyl (C=O) groups is 4. The molecule has 10 heteroatoms. The van der Waals surface area contributed by atoms with Crippen LogP contribution in [0.4, 0.5) is 4.79 Å². The van der Waals surface area contributed by atoms with E-state index in [9.17, 15) is 24.3 Å². The second-order valence-electron chi connectivity index (χ2n) is 8.36. The molecule has 3 rings (SSSR count). The van der Waals surface area contributed by atoms with Crippen molar-refractivity contribution in [3.05, 3.63) is 59.7 Å². The van der Waals surface area contributed by atoms with Crippen molar-refractivity contribution in [2.45, 2.75) is 30.8 Å². The summed E-state index contributed by atoms with van der Waals surface area (Å²) in [5.74, 6) is -3.27. The van der Waals surface area contributed by atoms with Crippen molar-refractivity contribution in [2.75, 3.05) is 27.4 Å². The lowest BCUT2D eigenvalue weighted by Crippen LogP contribution is -2.62. The largest absolute Gasteiger partial charge is 0.480 e. The minimum atomic E-state index is -1.67. The summed E-state index contributed by atoms with van der Waals surface area (Å²) in [6.45, 7) is 1.13. The minimum Gasteiger partial charge on any atom is -0.480 e. The van der Waals surface area contributed by atoms with Gasteiger partial charge < -0.3 is 30.0 Å². The van der Waals surface area contributed by atoms with E-state index < -0.39 is 41.9 Å². The summed E-state index contributed by atoms with van der Waals surface area (Å²) in [6.07, 6.45) is -1.45. The van der Waals surface area contributed by atoms with Gasteiger partial charge in [0.2, 0.25) is 5.91 Å². The van der Waals surface area contributed by atoms with Crippen molar-refractivity contribution < 1.29 is 38.5 Å². The van der Waals surface area contributed by atoms with Gasteiger partial charge >= 0.3 is 18.0 Å². The van der Waals surface area contributed by atoms with Gasteiger partial charge in [-0.15, -0.1) is 0 Å². The Morgan fingerprint density at radius 1 is 1.00 bits per heavy atom. The zero-order valence-corrected chi connectivity index (χ0v) is 19.7. The molecule has 2 atom stereocenters. The average Bonchev–Trinajstić information content (AvgIpc) is 3.15. The molecule has 0 aliphatic heterocycles. The van der Waals surface area contributed by atoms with Gasteiger partial charge in [-0.1, -0.05) is 48.5 Å². The van der Waals surface area contributed by atoms with Gasteiger partial charge in [-0.25, -0.2) is 9.59 Å². The molecule has 1 aliphatic rings. The zero-order valence-electron chi connectivity index (χ0n) is 19.7. The van der Waals surface area contributed by atoms with Crippen molar-refractivity contribution in [2.24, 2.45) is 0 Å². The first-order chi connectivity index (χ1) is 16.7. The smallest absolute Gasteiger partial charge is 0.408 e. The van der Waals surface area contributed by atoms with E-state index in [1.807, 2.05) is 48.5 Å². The van der Waals surface area contributed by atoms with Gasteiger partial charge in [0.25, 0.3) is 0 Å². The Labute approximate surface area is 202 Å². The number of hydrogen-bond acceptors (Lipinski definition) is 7. The number of ether oxygens (including phenoxy) is 3. The van der Waals surface area contributed by atoms with Gasteiger partial charge in [-0.2, -0.15) is 0 Å². The van der Waals surface area contributed by atoms with Crippen LogP contribution >= 0.6 is 0 Å². The summed E-state index contributed by atoms with van der Waals surface area (Å²) in [6, 6.07) is 14.2. The first kappa shape index (κ1) is 25.7. The molecule has 0 bridgehead atoms. The SMILES string of the molecule is COCC(C)(NC(=O)OCC1c2ccccc2-c2ccccc21)C(=O)N[C@@H](CC(=O)OC)C(=O)O. The number of carbonyl (C=O) groups excluding carboxylic acids is 3. The van der Waals surface area contributed by atoms with Crippen LogP contribution in [-0.4, -0.2) is 68.1 Å². The Hall–Kier alpha value is -3.92. The number of benzene rings is 2. The molecule has 2 aromatic carbocycles. The van der Waals surface area contributed by atoms with E-state index in [1.165, 1.54) is 14.0 Å². The molecule has 2 aromatic rings. The van der Waals surface area contributed by atoms with Crippen molar-refractivity contribution in [3.63, 3.8) is 0 Å². The van der Waals surface area contributed by atoms with Crippen LogP contribution in [0.1, 0.15) is 30.4 Å². The summed E-state index contributed by atoms with van der Waals surface area (Å²) in [4.78, 5) is 48.6. The fraction of sp³-hybridized carbons (Fsp3) is 0.360. The summed E-state index contributed by atoms with van der Waals surface area (Å²) < 4.78 is 15.0. The number of hydrogen-bond donors (Lipinski definition) is 3. The van der Waals surface area contributed by atoms with Crippen LogP contribution in [0.15, 0.2) is 48.5 Å². The lowest BCUT2D eigenvalue weighted by Gasteiger charge is -2.30. The Morgan fingerprint density at radius 3 is 2.09 bits per heavy atom. The number of esters is 1. The fourth-order valence-corrected chi connectivity index (χ4v) is 4.07. The highest BCUT2D eigenvalue weighted by Gasteiger charge is 2.39. The monoisotopic (exact) mass is 484 g/mol. The van der Waals surface area contributed by atoms with Gasteiger partial charge in [-0.05, 0) is 29.2 Å². The van der Waals surface area contributed by atoms with Crippen molar-refractivity contribution in [3.8, 4) is 11.1 Å². The third-order valence-corrected chi connectivity index (χ3v) is 5.86. The molecule has 0 fully saturated rings. The Bertz CT molecular complexity index is 1070. The van der Waals surface area contributed by atoms with Crippen molar-refractivity contribution >= 4 is 23.9 Å². The zero-order chi connectivity index (χ0) is 25.6. The molecule has 0 spiro atoms. The number of amides is 2. The number of carboxylic acid groups (broad SMARTS) is 1. The number of rotatable bonds is 10. The van der Waals surface area contributed by atoms with Crippen LogP contribution < -0.4 is 10.6 Å². The van der Waals surface area contributed by atoms with E-state index in [2.05, 4.69) is 15.4 Å². The van der Waals surface area contributed by atoms with Crippen LogP contribution in [0, 0.1) is 0 Å². The molecule has 0 saturated carbocycles. The van der Waals surface area contributed by atoms with Crippen LogP contribution in [0.25, 0.3) is 11.1 Å². The topological polar surface area (TPSA) is 140 Å². The lowest BCUT2D eigenvalue weighted by atomic mass is 9.98. The second-order valence-corrected chi connectivity index (χ2v) is 8.36. The van der Waals surface area contributed by atoms with Gasteiger partial charge in [0.05, 0.1) is 20.1 Å². The molecule has 1 aliphatic carbocycles. The highest BCUT2D eigenvalue weighted by Crippen LogP contribution is 2.44. The summed E-state index contributed by atoms with van der Waals surface area (Å²) in [7, 11) is 2.44. The Balaban J connectivity index is 1.69. The summed E-state index contributed by atoms with van der Waals surface area (Å²) in [5.41, 5.74) is 2.55. The highest BCUT2D eigenvalue weighted by molar-refractivity contribution is 5.93. The van der Waals surface area contributed by atoms with E-state index >= 15 is 0 Å². The molecule has 0 aromatic heterocycles. The fourth-order valence-electron chi connectivity index (χ4n) is 4.07. The van der Waals surface area contributed by atoms with Crippen molar-refractivity contribution in [1.82, 2.24) is 10.6 Å². The predicted octanol–water partition coefficient (Wildman–Crippen LogP) is 2.06. The van der Waals surface area contributed by atoms with Crippen molar-refractivity contribution in [1.29, 1.82) is 0 Å². The molecule has 0 radical (unpaired) electrons. The van der Waals surface area contributed by atoms with Crippen LogP contribution in [-0.2, 0) is 28.6 Å². The van der Waals surface area contributed by atoms with E-state index in [1.54, 1.807) is 0 Å². The molecule has 10 nitrogen and oxygen atoms in total. The number of methoxy groups -OCH3 is 2. The standard InChI is InChI=1S/C25H28N2O8/c1-25(14-33-2,23(31)26-20(22(29)30)12-21(28)34-3)27-24(32)35-13-19-17-10-6-4-8-15(17)16-9-5-7-11-18(16)19/h4-11,19-20H,12-14H2,1-3H3,(H,26,31)(H,27,32)(H,29,30)/t20-,25?/m0/s1. The van der Waals surface area contributed by atoms with Gasteiger partial charge in [0.1, 0.15) is 18.2 Å². The van der Waals surface area contributed by atoms with Crippen LogP contribution in [0.2, 0.25) is 0 Å². The average molecular weight is 485 g/mol. The molecule has 0 saturated heterocycles. The summed E-state index contributed by atoms with van der Waals surface area (Å²) in [5, 5.41) is 14.1. The molecular formula is C25H28N2O8. The molecule has 0 heterocycles. The first-order valence-electron chi connectivity index (χ1n) is 10.9. The first-order valence-corrected chi connectivity index (χ1v) is 10.9. The molecular weight excluding hydrogens is 456 g/mol. The van der Waals surface area contributed by atoms with E-state index in [0.717, 1.165) is 29.4 Å². The predicted molar refractivity (Wildman–Crippen MR) is 125 cm³/mol. The molecule has 3 N–H and O–H groups in total. The number of aliphatic carboxylic acids is 1. The van der Waals surface area contributed by atoms with Gasteiger partial charge in [0, 0.05) is 13.0 Å². The molecule has 1 unspecified atom stereocenters. The molecule has 35 heavy (non-hydrogen) atoms. The number of carboxylic acids is 1. The maximum absolute atomic E-state index is 12.9. The molecule has 2 amide bonds. The maximum Gasteiger partial charge on any atom is 0.408 e. The normalized spacial score (nSPS) is 14.6. The third kappa shape index (κ3) is 5.78. The third-order valence-electron chi connectivity index (χ3n) is 5.86. The molecule has 186 valence electrons. The summed E-state index contributed by atoms with van der Waals surface area (Å²) >= 11 is 0. The van der Waals surface area contributed by atoms with E-state index in [4.69, 9.17) is 9.47 Å². The minimum absolute atomic E-state index is 0.0324. The van der Waals surface area contributed by atoms with E-state index in [0.29, 0.717) is 0 Å². The number of alkyl carbamates (subject to hydrolysis) is 1. The Morgan fingerprint density at radius 2 is 1.57 bits per heavy atom. The number of nitrogens with one attached hydrogen (secondary N) is 2.